The summed E-state index contributed by atoms with van der Waals surface area (Å²) in [6, 6.07) is 34.7. The predicted octanol–water partition coefficient (Wildman–Crippen LogP) is 6.14. The minimum Gasteiger partial charge on any atom is -0.497 e. The Bertz CT molecular complexity index is 1410. The Morgan fingerprint density at radius 1 is 0.811 bits per heavy atom. The summed E-state index contributed by atoms with van der Waals surface area (Å²) in [7, 11) is 3.36. The number of hydrogen-bond acceptors (Lipinski definition) is 4. The first-order valence-corrected chi connectivity index (χ1v) is 12.7. The van der Waals surface area contributed by atoms with Crippen LogP contribution in [0.15, 0.2) is 103 Å². The maximum Gasteiger partial charge on any atom is 0.240 e. The molecule has 1 saturated heterocycles. The highest BCUT2D eigenvalue weighted by Gasteiger charge is 2.60. The summed E-state index contributed by atoms with van der Waals surface area (Å²) >= 11 is 0. The molecule has 1 fully saturated rings. The van der Waals surface area contributed by atoms with Gasteiger partial charge in [-0.25, -0.2) is 0 Å². The number of methoxy groups -OCH3 is 2. The van der Waals surface area contributed by atoms with E-state index in [1.165, 1.54) is 0 Å². The molecule has 186 valence electrons. The minimum absolute atomic E-state index is 0.143. The van der Waals surface area contributed by atoms with Crippen LogP contribution in [0.3, 0.4) is 0 Å². The molecule has 2 unspecified atom stereocenters. The SMILES string of the molecule is COc1ccc(N2CCC3(C(=O)N(Cc4ccccc4)c4ccc(OC)cc43)C2c2ccccc2)cc1. The van der Waals surface area contributed by atoms with Crippen molar-refractivity contribution in [3.63, 3.8) is 0 Å². The molecule has 0 aliphatic carbocycles. The number of anilines is 2. The Morgan fingerprint density at radius 3 is 2.14 bits per heavy atom. The number of nitrogens with zero attached hydrogens (tertiary/aromatic N) is 2. The van der Waals surface area contributed by atoms with E-state index in [1.54, 1.807) is 14.2 Å². The first kappa shape index (κ1) is 23.2. The fraction of sp³-hybridized carbons (Fsp3) is 0.219. The zero-order valence-corrected chi connectivity index (χ0v) is 21.1. The lowest BCUT2D eigenvalue weighted by Gasteiger charge is -2.36. The summed E-state index contributed by atoms with van der Waals surface area (Å²) in [6.07, 6.45) is 0.711. The second kappa shape index (κ2) is 9.32. The highest BCUT2D eigenvalue weighted by atomic mass is 16.5. The average Bonchev–Trinajstić information content (AvgIpc) is 3.47. The second-order valence-corrected chi connectivity index (χ2v) is 9.69. The molecule has 2 aliphatic rings. The van der Waals surface area contributed by atoms with Gasteiger partial charge in [0, 0.05) is 17.9 Å². The van der Waals surface area contributed by atoms with E-state index >= 15 is 0 Å². The van der Waals surface area contributed by atoms with E-state index in [4.69, 9.17) is 9.47 Å². The standard InChI is InChI=1S/C32H30N2O3/c1-36-26-15-13-25(14-16-26)33-20-19-32(30(33)24-11-7-4-8-12-24)28-21-27(37-2)17-18-29(28)34(31(32)35)22-23-9-5-3-6-10-23/h3-18,21,30H,19-20,22H2,1-2H3. The molecular formula is C32H30N2O3. The van der Waals surface area contributed by atoms with Crippen molar-refractivity contribution in [2.24, 2.45) is 0 Å². The molecule has 0 N–H and O–H groups in total. The Balaban J connectivity index is 1.52. The third kappa shape index (κ3) is 3.73. The third-order valence-corrected chi connectivity index (χ3v) is 7.83. The van der Waals surface area contributed by atoms with Crippen LogP contribution in [0.25, 0.3) is 0 Å². The fourth-order valence-electron chi connectivity index (χ4n) is 6.11. The number of carbonyl (C=O) groups is 1. The molecule has 0 radical (unpaired) electrons. The Morgan fingerprint density at radius 2 is 1.46 bits per heavy atom. The first-order valence-electron chi connectivity index (χ1n) is 12.7. The van der Waals surface area contributed by atoms with Crippen LogP contribution in [0.1, 0.15) is 29.2 Å². The van der Waals surface area contributed by atoms with E-state index in [0.717, 1.165) is 46.1 Å². The molecule has 1 amide bonds. The minimum atomic E-state index is -0.736. The van der Waals surface area contributed by atoms with E-state index in [1.807, 2.05) is 53.4 Å². The number of rotatable bonds is 6. The third-order valence-electron chi connectivity index (χ3n) is 7.83. The zero-order chi connectivity index (χ0) is 25.4. The molecule has 0 aromatic heterocycles. The van der Waals surface area contributed by atoms with Crippen molar-refractivity contribution in [3.05, 3.63) is 120 Å². The van der Waals surface area contributed by atoms with Gasteiger partial charge in [0.25, 0.3) is 0 Å². The Hall–Kier alpha value is -4.25. The van der Waals surface area contributed by atoms with Gasteiger partial charge in [0.15, 0.2) is 0 Å². The van der Waals surface area contributed by atoms with Crippen LogP contribution in [0.5, 0.6) is 11.5 Å². The fourth-order valence-corrected chi connectivity index (χ4v) is 6.11. The summed E-state index contributed by atoms with van der Waals surface area (Å²) in [6.45, 7) is 1.29. The summed E-state index contributed by atoms with van der Waals surface area (Å²) < 4.78 is 11.1. The number of hydrogen-bond donors (Lipinski definition) is 0. The lowest BCUT2D eigenvalue weighted by atomic mass is 9.72. The lowest BCUT2D eigenvalue weighted by Crippen LogP contribution is -2.44. The molecule has 2 aliphatic heterocycles. The van der Waals surface area contributed by atoms with Crippen molar-refractivity contribution in [2.75, 3.05) is 30.6 Å². The number of carbonyl (C=O) groups excluding carboxylic acids is 1. The summed E-state index contributed by atoms with van der Waals surface area (Å²) in [5.74, 6) is 1.72. The predicted molar refractivity (Wildman–Crippen MR) is 146 cm³/mol. The van der Waals surface area contributed by atoms with Crippen LogP contribution in [-0.4, -0.2) is 26.7 Å². The molecule has 37 heavy (non-hydrogen) atoms. The van der Waals surface area contributed by atoms with Gasteiger partial charge < -0.3 is 19.3 Å². The van der Waals surface area contributed by atoms with Gasteiger partial charge in [-0.3, -0.25) is 4.79 Å². The monoisotopic (exact) mass is 490 g/mol. The number of benzene rings is 4. The Labute approximate surface area is 217 Å². The first-order chi connectivity index (χ1) is 18.2. The molecule has 2 atom stereocenters. The van der Waals surface area contributed by atoms with Crippen LogP contribution in [-0.2, 0) is 16.8 Å². The van der Waals surface area contributed by atoms with Crippen LogP contribution in [0.4, 0.5) is 11.4 Å². The highest BCUT2D eigenvalue weighted by Crippen LogP contribution is 2.58. The molecule has 5 heteroatoms. The molecule has 4 aromatic rings. The van der Waals surface area contributed by atoms with Gasteiger partial charge in [-0.15, -0.1) is 0 Å². The van der Waals surface area contributed by atoms with Crippen molar-refractivity contribution in [2.45, 2.75) is 24.4 Å². The molecule has 5 nitrogen and oxygen atoms in total. The van der Waals surface area contributed by atoms with Gasteiger partial charge in [-0.2, -0.15) is 0 Å². The van der Waals surface area contributed by atoms with E-state index in [2.05, 4.69) is 59.5 Å². The van der Waals surface area contributed by atoms with Crippen LogP contribution in [0.2, 0.25) is 0 Å². The van der Waals surface area contributed by atoms with Crippen molar-refractivity contribution in [1.82, 2.24) is 0 Å². The topological polar surface area (TPSA) is 42.0 Å². The van der Waals surface area contributed by atoms with Gasteiger partial charge in [-0.1, -0.05) is 60.7 Å². The van der Waals surface area contributed by atoms with Gasteiger partial charge in [0.2, 0.25) is 5.91 Å². The van der Waals surface area contributed by atoms with E-state index < -0.39 is 5.41 Å². The van der Waals surface area contributed by atoms with E-state index in [9.17, 15) is 4.79 Å². The number of ether oxygens (including phenoxy) is 2. The summed E-state index contributed by atoms with van der Waals surface area (Å²) in [5, 5.41) is 0. The molecular weight excluding hydrogens is 460 g/mol. The van der Waals surface area contributed by atoms with Gasteiger partial charge in [-0.05, 0) is 65.6 Å². The van der Waals surface area contributed by atoms with Crippen molar-refractivity contribution in [1.29, 1.82) is 0 Å². The molecule has 0 saturated carbocycles. The second-order valence-electron chi connectivity index (χ2n) is 9.69. The van der Waals surface area contributed by atoms with E-state index in [0.29, 0.717) is 13.0 Å². The average molecular weight is 491 g/mol. The quantitative estimate of drug-likeness (QED) is 0.326. The summed E-state index contributed by atoms with van der Waals surface area (Å²) in [5.41, 5.74) is 4.57. The lowest BCUT2D eigenvalue weighted by molar-refractivity contribution is -0.123. The zero-order valence-electron chi connectivity index (χ0n) is 21.1. The molecule has 1 spiro atoms. The van der Waals surface area contributed by atoms with Crippen LogP contribution >= 0.6 is 0 Å². The highest BCUT2D eigenvalue weighted by molar-refractivity contribution is 6.09. The maximum atomic E-state index is 14.7. The maximum absolute atomic E-state index is 14.7. The Kier molecular flexibility index (Phi) is 5.84. The smallest absolute Gasteiger partial charge is 0.240 e. The van der Waals surface area contributed by atoms with Crippen molar-refractivity contribution < 1.29 is 14.3 Å². The number of fused-ring (bicyclic) bond motifs is 2. The summed E-state index contributed by atoms with van der Waals surface area (Å²) in [4.78, 5) is 19.0. The molecule has 0 bridgehead atoms. The number of amides is 1. The van der Waals surface area contributed by atoms with Gasteiger partial charge in [0.05, 0.1) is 26.8 Å². The van der Waals surface area contributed by atoms with Gasteiger partial charge in [0.1, 0.15) is 16.9 Å². The van der Waals surface area contributed by atoms with E-state index in [-0.39, 0.29) is 11.9 Å². The largest absolute Gasteiger partial charge is 0.497 e. The molecule has 4 aromatic carbocycles. The van der Waals surface area contributed by atoms with Crippen molar-refractivity contribution >= 4 is 17.3 Å². The van der Waals surface area contributed by atoms with Crippen LogP contribution in [0, 0.1) is 0 Å². The molecule has 6 rings (SSSR count). The molecule has 2 heterocycles. The normalized spacial score (nSPS) is 20.4. The van der Waals surface area contributed by atoms with Gasteiger partial charge >= 0.3 is 0 Å². The van der Waals surface area contributed by atoms with Crippen LogP contribution < -0.4 is 19.3 Å². The van der Waals surface area contributed by atoms with Crippen molar-refractivity contribution in [3.8, 4) is 11.5 Å².